The molecule has 0 bridgehead atoms. The van der Waals surface area contributed by atoms with Gasteiger partial charge in [0.2, 0.25) is 0 Å². The van der Waals surface area contributed by atoms with Gasteiger partial charge in [-0.1, -0.05) is 30.6 Å². The quantitative estimate of drug-likeness (QED) is 0.704. The van der Waals surface area contributed by atoms with E-state index in [0.717, 1.165) is 5.56 Å². The molecule has 2 heterocycles. The summed E-state index contributed by atoms with van der Waals surface area (Å²) >= 11 is 6.02. The van der Waals surface area contributed by atoms with Crippen LogP contribution in [0.3, 0.4) is 0 Å². The van der Waals surface area contributed by atoms with Crippen LogP contribution in [0.25, 0.3) is 22.2 Å². The average Bonchev–Trinajstić information content (AvgIpc) is 2.90. The van der Waals surface area contributed by atoms with E-state index in [4.69, 9.17) is 16.1 Å². The van der Waals surface area contributed by atoms with Crippen molar-refractivity contribution in [2.45, 2.75) is 27.7 Å². The summed E-state index contributed by atoms with van der Waals surface area (Å²) in [5, 5.41) is 15.1. The molecule has 5 nitrogen and oxygen atoms in total. The largest absolute Gasteiger partial charge is 0.506 e. The predicted octanol–water partition coefficient (Wildman–Crippen LogP) is 4.19. The highest BCUT2D eigenvalue weighted by atomic mass is 35.5. The van der Waals surface area contributed by atoms with Crippen LogP contribution in [-0.4, -0.2) is 15.2 Å². The Labute approximate surface area is 132 Å². The van der Waals surface area contributed by atoms with E-state index in [0.29, 0.717) is 21.6 Å². The Kier molecular flexibility index (Phi) is 4.56. The molecule has 0 aliphatic heterocycles. The molecule has 1 aromatic carbocycles. The van der Waals surface area contributed by atoms with E-state index in [1.807, 2.05) is 20.8 Å². The summed E-state index contributed by atoms with van der Waals surface area (Å²) in [6, 6.07) is 4.93. The number of aromatic hydroxyl groups is 1. The SMILES string of the molecule is CC.Cc1cc(-c2c(O)c3cc(C)c(Cl)cc3[nH]c2=O)on1. The van der Waals surface area contributed by atoms with Gasteiger partial charge in [0.15, 0.2) is 5.76 Å². The normalized spacial score (nSPS) is 10.4. The smallest absolute Gasteiger partial charge is 0.263 e. The molecule has 0 aliphatic rings. The summed E-state index contributed by atoms with van der Waals surface area (Å²) in [5.74, 6) is 0.0930. The third kappa shape index (κ3) is 2.72. The fourth-order valence-corrected chi connectivity index (χ4v) is 2.28. The number of rotatable bonds is 1. The van der Waals surface area contributed by atoms with Crippen molar-refractivity contribution in [3.63, 3.8) is 0 Å². The number of pyridine rings is 1. The number of aromatic nitrogens is 2. The van der Waals surface area contributed by atoms with E-state index in [1.54, 1.807) is 25.1 Å². The van der Waals surface area contributed by atoms with Gasteiger partial charge in [-0.2, -0.15) is 0 Å². The number of fused-ring (bicyclic) bond motifs is 1. The molecule has 0 fully saturated rings. The first-order valence-electron chi connectivity index (χ1n) is 6.96. The molecule has 0 atom stereocenters. The van der Waals surface area contributed by atoms with Crippen LogP contribution in [0.15, 0.2) is 27.5 Å². The lowest BCUT2D eigenvalue weighted by atomic mass is 10.1. The van der Waals surface area contributed by atoms with Crippen LogP contribution in [0.4, 0.5) is 0 Å². The van der Waals surface area contributed by atoms with Gasteiger partial charge in [0.05, 0.1) is 11.2 Å². The van der Waals surface area contributed by atoms with E-state index in [9.17, 15) is 9.90 Å². The van der Waals surface area contributed by atoms with Crippen molar-refractivity contribution in [1.82, 2.24) is 10.1 Å². The number of aromatic amines is 1. The fourth-order valence-electron chi connectivity index (χ4n) is 2.12. The number of H-pyrrole nitrogens is 1. The van der Waals surface area contributed by atoms with Crippen molar-refractivity contribution < 1.29 is 9.63 Å². The number of benzene rings is 1. The molecule has 0 radical (unpaired) electrons. The van der Waals surface area contributed by atoms with Crippen molar-refractivity contribution in [2.75, 3.05) is 0 Å². The third-order valence-electron chi connectivity index (χ3n) is 3.14. The Balaban J connectivity index is 0.000000847. The maximum atomic E-state index is 12.1. The predicted molar refractivity (Wildman–Crippen MR) is 87.6 cm³/mol. The van der Waals surface area contributed by atoms with Gasteiger partial charge in [-0.25, -0.2) is 0 Å². The first-order chi connectivity index (χ1) is 10.5. The van der Waals surface area contributed by atoms with Crippen molar-refractivity contribution in [3.8, 4) is 17.1 Å². The highest BCUT2D eigenvalue weighted by molar-refractivity contribution is 6.32. The van der Waals surface area contributed by atoms with Gasteiger partial charge in [0.1, 0.15) is 11.3 Å². The van der Waals surface area contributed by atoms with Crippen LogP contribution in [-0.2, 0) is 0 Å². The first-order valence-corrected chi connectivity index (χ1v) is 7.34. The molecule has 22 heavy (non-hydrogen) atoms. The van der Waals surface area contributed by atoms with Gasteiger partial charge in [-0.3, -0.25) is 4.79 Å². The minimum absolute atomic E-state index is 0.0693. The van der Waals surface area contributed by atoms with Crippen LogP contribution in [0.1, 0.15) is 25.1 Å². The van der Waals surface area contributed by atoms with E-state index >= 15 is 0 Å². The van der Waals surface area contributed by atoms with Gasteiger partial charge < -0.3 is 14.6 Å². The standard InChI is InChI=1S/C14H11ClN2O3.C2H6/c1-6-3-8-10(5-9(6)15)16-14(19)12(13(8)18)11-4-7(2)17-20-11;1-2/h3-5H,1-2H3,(H2,16,18,19);1-2H3. The van der Waals surface area contributed by atoms with Crippen LogP contribution < -0.4 is 5.56 Å². The second-order valence-corrected chi connectivity index (χ2v) is 5.06. The van der Waals surface area contributed by atoms with E-state index in [2.05, 4.69) is 10.1 Å². The minimum atomic E-state index is -0.453. The summed E-state index contributed by atoms with van der Waals surface area (Å²) < 4.78 is 5.06. The fraction of sp³-hybridized carbons (Fsp3) is 0.250. The zero-order chi connectivity index (χ0) is 16.4. The van der Waals surface area contributed by atoms with Crippen LogP contribution >= 0.6 is 11.6 Å². The highest BCUT2D eigenvalue weighted by Crippen LogP contribution is 2.34. The first kappa shape index (κ1) is 16.1. The molecule has 0 amide bonds. The average molecular weight is 321 g/mol. The van der Waals surface area contributed by atoms with Crippen LogP contribution in [0.5, 0.6) is 5.75 Å². The maximum absolute atomic E-state index is 12.1. The summed E-state index contributed by atoms with van der Waals surface area (Å²) in [5.41, 5.74) is 1.53. The lowest BCUT2D eigenvalue weighted by molar-refractivity contribution is 0.421. The lowest BCUT2D eigenvalue weighted by Gasteiger charge is -2.07. The van der Waals surface area contributed by atoms with Gasteiger partial charge in [0, 0.05) is 16.5 Å². The zero-order valence-electron chi connectivity index (χ0n) is 12.8. The minimum Gasteiger partial charge on any atom is -0.506 e. The Hall–Kier alpha value is -2.27. The molecule has 2 aromatic heterocycles. The van der Waals surface area contributed by atoms with E-state index in [-0.39, 0.29) is 17.1 Å². The molecule has 2 N–H and O–H groups in total. The molecule has 0 saturated heterocycles. The Morgan fingerprint density at radius 3 is 2.50 bits per heavy atom. The second-order valence-electron chi connectivity index (χ2n) is 4.66. The molecular formula is C16H17ClN2O3. The molecule has 0 unspecified atom stereocenters. The summed E-state index contributed by atoms with van der Waals surface area (Å²) in [7, 11) is 0. The summed E-state index contributed by atoms with van der Waals surface area (Å²) in [4.78, 5) is 14.8. The summed E-state index contributed by atoms with van der Waals surface area (Å²) in [6.07, 6.45) is 0. The molecule has 0 spiro atoms. The molecule has 0 aliphatic carbocycles. The zero-order valence-corrected chi connectivity index (χ0v) is 13.6. The second kappa shape index (κ2) is 6.23. The van der Waals surface area contributed by atoms with E-state index < -0.39 is 5.56 Å². The van der Waals surface area contributed by atoms with Gasteiger partial charge >= 0.3 is 0 Å². The van der Waals surface area contributed by atoms with Crippen molar-refractivity contribution in [2.24, 2.45) is 0 Å². The van der Waals surface area contributed by atoms with Crippen LogP contribution in [0, 0.1) is 13.8 Å². The van der Waals surface area contributed by atoms with Gasteiger partial charge in [-0.05, 0) is 31.5 Å². The Morgan fingerprint density at radius 1 is 1.23 bits per heavy atom. The highest BCUT2D eigenvalue weighted by Gasteiger charge is 2.18. The van der Waals surface area contributed by atoms with Crippen LogP contribution in [0.2, 0.25) is 5.02 Å². The van der Waals surface area contributed by atoms with Gasteiger partial charge in [0.25, 0.3) is 5.56 Å². The Morgan fingerprint density at radius 2 is 1.91 bits per heavy atom. The third-order valence-corrected chi connectivity index (χ3v) is 3.55. The summed E-state index contributed by atoms with van der Waals surface area (Å²) in [6.45, 7) is 7.56. The van der Waals surface area contributed by atoms with Gasteiger partial charge in [-0.15, -0.1) is 0 Å². The molecule has 116 valence electrons. The molecule has 0 saturated carbocycles. The number of nitrogens with one attached hydrogen (secondary N) is 1. The monoisotopic (exact) mass is 320 g/mol. The lowest BCUT2D eigenvalue weighted by Crippen LogP contribution is -2.09. The number of halogens is 1. The number of hydrogen-bond donors (Lipinski definition) is 2. The van der Waals surface area contributed by atoms with Crippen molar-refractivity contribution in [3.05, 3.63) is 44.8 Å². The van der Waals surface area contributed by atoms with Crippen molar-refractivity contribution >= 4 is 22.5 Å². The molecule has 6 heteroatoms. The molecular weight excluding hydrogens is 304 g/mol. The topological polar surface area (TPSA) is 79.1 Å². The van der Waals surface area contributed by atoms with Crippen molar-refractivity contribution in [1.29, 1.82) is 0 Å². The van der Waals surface area contributed by atoms with E-state index in [1.165, 1.54) is 0 Å². The number of aryl methyl sites for hydroxylation is 2. The maximum Gasteiger partial charge on any atom is 0.263 e. The molecule has 3 aromatic rings. The Bertz CT molecular complexity index is 881. The molecule has 3 rings (SSSR count). The number of hydrogen-bond acceptors (Lipinski definition) is 4. The number of nitrogens with zero attached hydrogens (tertiary/aromatic N) is 1.